The minimum atomic E-state index is -0.878. The lowest BCUT2D eigenvalue weighted by molar-refractivity contribution is -0.137. The van der Waals surface area contributed by atoms with Crippen LogP contribution in [0.3, 0.4) is 0 Å². The highest BCUT2D eigenvalue weighted by atomic mass is 32.2. The summed E-state index contributed by atoms with van der Waals surface area (Å²) in [5, 5.41) is 12.7. The van der Waals surface area contributed by atoms with Crippen LogP contribution in [0.25, 0.3) is 10.9 Å². The molecular weight excluding hydrogens is 312 g/mol. The Bertz CT molecular complexity index is 709. The zero-order chi connectivity index (χ0) is 17.0. The molecule has 0 aliphatic rings. The predicted molar refractivity (Wildman–Crippen MR) is 95.0 cm³/mol. The van der Waals surface area contributed by atoms with Gasteiger partial charge in [-0.25, -0.2) is 0 Å². The molecule has 0 aliphatic heterocycles. The number of fused-ring (bicyclic) bond motifs is 1. The number of carboxylic acids is 1. The highest BCUT2D eigenvalue weighted by molar-refractivity contribution is 8.00. The molecule has 0 saturated heterocycles. The molecule has 1 heterocycles. The number of carboxylic acid groups (broad SMARTS) is 1. The third-order valence-corrected chi connectivity index (χ3v) is 5.01. The van der Waals surface area contributed by atoms with Gasteiger partial charge in [-0.1, -0.05) is 20.8 Å². The Morgan fingerprint density at radius 2 is 2.04 bits per heavy atom. The van der Waals surface area contributed by atoms with Crippen molar-refractivity contribution in [3.8, 4) is 0 Å². The lowest BCUT2D eigenvalue weighted by Crippen LogP contribution is -2.29. The molecule has 6 heteroatoms. The van der Waals surface area contributed by atoms with Crippen LogP contribution in [-0.2, 0) is 16.1 Å². The largest absolute Gasteiger partial charge is 0.480 e. The van der Waals surface area contributed by atoms with Crippen molar-refractivity contribution in [1.82, 2.24) is 4.57 Å². The highest BCUT2D eigenvalue weighted by Gasteiger charge is 2.22. The molecule has 5 nitrogen and oxygen atoms in total. The molecule has 0 aliphatic carbocycles. The summed E-state index contributed by atoms with van der Waals surface area (Å²) >= 11 is 1.64. The molecule has 2 N–H and O–H groups in total. The number of benzene rings is 1. The molecule has 0 fully saturated rings. The lowest BCUT2D eigenvalue weighted by atomic mass is 10.1. The van der Waals surface area contributed by atoms with E-state index in [-0.39, 0.29) is 23.6 Å². The molecule has 2 rings (SSSR count). The SMILES string of the molecule is CCSC(C(=O)Nc1ccc2c(ccn2CC(=O)O)c1)C(C)C. The number of thioether (sulfide) groups is 1. The van der Waals surface area contributed by atoms with Gasteiger partial charge in [0.15, 0.2) is 0 Å². The number of anilines is 1. The number of hydrogen-bond donors (Lipinski definition) is 2. The Kier molecular flexibility index (Phi) is 5.71. The van der Waals surface area contributed by atoms with Gasteiger partial charge in [-0.15, -0.1) is 11.8 Å². The monoisotopic (exact) mass is 334 g/mol. The second-order valence-electron chi connectivity index (χ2n) is 5.72. The van der Waals surface area contributed by atoms with E-state index in [2.05, 4.69) is 5.32 Å². The summed E-state index contributed by atoms with van der Waals surface area (Å²) in [4.78, 5) is 23.3. The van der Waals surface area contributed by atoms with Crippen molar-refractivity contribution in [2.24, 2.45) is 5.92 Å². The summed E-state index contributed by atoms with van der Waals surface area (Å²) < 4.78 is 1.67. The molecular formula is C17H22N2O3S. The Morgan fingerprint density at radius 1 is 1.30 bits per heavy atom. The van der Waals surface area contributed by atoms with E-state index in [0.717, 1.165) is 22.3 Å². The molecule has 2 aromatic rings. The average Bonchev–Trinajstić information content (AvgIpc) is 2.86. The van der Waals surface area contributed by atoms with Gasteiger partial charge in [-0.3, -0.25) is 9.59 Å². The van der Waals surface area contributed by atoms with Crippen molar-refractivity contribution in [2.75, 3.05) is 11.1 Å². The highest BCUT2D eigenvalue weighted by Crippen LogP contribution is 2.24. The molecule has 0 spiro atoms. The van der Waals surface area contributed by atoms with E-state index in [1.165, 1.54) is 0 Å². The van der Waals surface area contributed by atoms with Crippen LogP contribution in [0, 0.1) is 5.92 Å². The van der Waals surface area contributed by atoms with Gasteiger partial charge in [-0.05, 0) is 35.9 Å². The summed E-state index contributed by atoms with van der Waals surface area (Å²) in [6.07, 6.45) is 1.74. The Labute approximate surface area is 140 Å². The van der Waals surface area contributed by atoms with Crippen molar-refractivity contribution in [1.29, 1.82) is 0 Å². The fraction of sp³-hybridized carbons (Fsp3) is 0.412. The maximum absolute atomic E-state index is 12.4. The molecule has 124 valence electrons. The first-order valence-electron chi connectivity index (χ1n) is 7.65. The van der Waals surface area contributed by atoms with Crippen LogP contribution >= 0.6 is 11.8 Å². The molecule has 1 aromatic carbocycles. The number of carbonyl (C=O) groups is 2. The minimum absolute atomic E-state index is 0.0103. The number of hydrogen-bond acceptors (Lipinski definition) is 3. The first-order valence-corrected chi connectivity index (χ1v) is 8.70. The number of carbonyl (C=O) groups excluding carboxylic acids is 1. The number of amides is 1. The number of rotatable bonds is 7. The standard InChI is InChI=1S/C17H22N2O3S/c1-4-23-16(11(2)3)17(22)18-13-5-6-14-12(9-13)7-8-19(14)10-15(20)21/h5-9,11,16H,4,10H2,1-3H3,(H,18,22)(H,20,21). The van der Waals surface area contributed by atoms with E-state index in [4.69, 9.17) is 5.11 Å². The van der Waals surface area contributed by atoms with Gasteiger partial charge >= 0.3 is 5.97 Å². The smallest absolute Gasteiger partial charge is 0.323 e. The van der Waals surface area contributed by atoms with Gasteiger partial charge in [0.2, 0.25) is 5.91 Å². The van der Waals surface area contributed by atoms with E-state index < -0.39 is 5.97 Å². The third-order valence-electron chi connectivity index (χ3n) is 3.55. The van der Waals surface area contributed by atoms with E-state index in [1.807, 2.05) is 45.0 Å². The zero-order valence-electron chi connectivity index (χ0n) is 13.6. The van der Waals surface area contributed by atoms with Crippen molar-refractivity contribution in [3.63, 3.8) is 0 Å². The first-order chi connectivity index (χ1) is 10.9. The van der Waals surface area contributed by atoms with E-state index in [0.29, 0.717) is 0 Å². The molecule has 0 radical (unpaired) electrons. The third kappa shape index (κ3) is 4.28. The van der Waals surface area contributed by atoms with Crippen LogP contribution in [0.2, 0.25) is 0 Å². The molecule has 23 heavy (non-hydrogen) atoms. The van der Waals surface area contributed by atoms with E-state index in [1.54, 1.807) is 22.5 Å². The second kappa shape index (κ2) is 7.55. The van der Waals surface area contributed by atoms with E-state index >= 15 is 0 Å². The van der Waals surface area contributed by atoms with Gasteiger partial charge in [-0.2, -0.15) is 0 Å². The summed E-state index contributed by atoms with van der Waals surface area (Å²) in [6, 6.07) is 7.38. The number of nitrogens with zero attached hydrogens (tertiary/aromatic N) is 1. The maximum atomic E-state index is 12.4. The normalized spacial score (nSPS) is 12.5. The summed E-state index contributed by atoms with van der Waals surface area (Å²) in [5.74, 6) is 0.292. The van der Waals surface area contributed by atoms with Crippen LogP contribution in [0.4, 0.5) is 5.69 Å². The summed E-state index contributed by atoms with van der Waals surface area (Å²) in [5.41, 5.74) is 1.58. The number of aliphatic carboxylic acids is 1. The lowest BCUT2D eigenvalue weighted by Gasteiger charge is -2.19. The first kappa shape index (κ1) is 17.4. The minimum Gasteiger partial charge on any atom is -0.480 e. The molecule has 0 bridgehead atoms. The second-order valence-corrected chi connectivity index (χ2v) is 7.14. The van der Waals surface area contributed by atoms with Crippen molar-refractivity contribution in [3.05, 3.63) is 30.5 Å². The van der Waals surface area contributed by atoms with E-state index in [9.17, 15) is 9.59 Å². The van der Waals surface area contributed by atoms with Crippen molar-refractivity contribution >= 4 is 40.2 Å². The van der Waals surface area contributed by atoms with Crippen LogP contribution < -0.4 is 5.32 Å². The van der Waals surface area contributed by atoms with Crippen LogP contribution in [-0.4, -0.2) is 32.6 Å². The maximum Gasteiger partial charge on any atom is 0.323 e. The molecule has 1 atom stereocenters. The van der Waals surface area contributed by atoms with Gasteiger partial charge in [0.05, 0.1) is 5.25 Å². The molecule has 1 aromatic heterocycles. The van der Waals surface area contributed by atoms with Crippen molar-refractivity contribution in [2.45, 2.75) is 32.6 Å². The van der Waals surface area contributed by atoms with Crippen LogP contribution in [0.15, 0.2) is 30.5 Å². The van der Waals surface area contributed by atoms with Crippen LogP contribution in [0.1, 0.15) is 20.8 Å². The molecule has 0 saturated carbocycles. The predicted octanol–water partition coefficient (Wildman–Crippen LogP) is 3.44. The Balaban J connectivity index is 2.18. The summed E-state index contributed by atoms with van der Waals surface area (Å²) in [7, 11) is 0. The van der Waals surface area contributed by atoms with Crippen LogP contribution in [0.5, 0.6) is 0 Å². The fourth-order valence-corrected chi connectivity index (χ4v) is 3.48. The average molecular weight is 334 g/mol. The quantitative estimate of drug-likeness (QED) is 0.813. The topological polar surface area (TPSA) is 71.3 Å². The number of nitrogens with one attached hydrogen (secondary N) is 1. The molecule has 1 amide bonds. The molecule has 1 unspecified atom stereocenters. The zero-order valence-corrected chi connectivity index (χ0v) is 14.4. The summed E-state index contributed by atoms with van der Waals surface area (Å²) in [6.45, 7) is 6.06. The van der Waals surface area contributed by atoms with Gasteiger partial charge in [0, 0.05) is 22.8 Å². The Morgan fingerprint density at radius 3 is 2.65 bits per heavy atom. The van der Waals surface area contributed by atoms with Gasteiger partial charge in [0.25, 0.3) is 0 Å². The van der Waals surface area contributed by atoms with Gasteiger partial charge in [0.1, 0.15) is 6.54 Å². The van der Waals surface area contributed by atoms with Crippen molar-refractivity contribution < 1.29 is 14.7 Å². The van der Waals surface area contributed by atoms with Gasteiger partial charge < -0.3 is 15.0 Å². The number of aromatic nitrogens is 1. The Hall–Kier alpha value is -1.95. The fourth-order valence-electron chi connectivity index (χ4n) is 2.53.